The molecular weight excluding hydrogens is 291 g/mol. The Hall–Kier alpha value is -1.32. The van der Waals surface area contributed by atoms with Crippen LogP contribution in [0.4, 0.5) is 14.5 Å². The van der Waals surface area contributed by atoms with E-state index in [-0.39, 0.29) is 5.02 Å². The first-order valence-corrected chi connectivity index (χ1v) is 6.36. The van der Waals surface area contributed by atoms with Crippen molar-refractivity contribution in [3.8, 4) is 0 Å². The molecule has 0 saturated heterocycles. The van der Waals surface area contributed by atoms with Crippen molar-refractivity contribution in [1.29, 1.82) is 0 Å². The molecule has 0 saturated carbocycles. The Kier molecular flexibility index (Phi) is 4.27. The fourth-order valence-electron chi connectivity index (χ4n) is 1.75. The molecule has 19 heavy (non-hydrogen) atoms. The van der Waals surface area contributed by atoms with Crippen molar-refractivity contribution in [2.24, 2.45) is 0 Å². The maximum atomic E-state index is 13.2. The van der Waals surface area contributed by atoms with Crippen LogP contribution in [0.3, 0.4) is 0 Å². The van der Waals surface area contributed by atoms with Crippen LogP contribution in [0.2, 0.25) is 10.0 Å². The first-order valence-electron chi connectivity index (χ1n) is 5.60. The molecule has 0 atom stereocenters. The molecular formula is C14H11Cl2F2N. The highest BCUT2D eigenvalue weighted by Crippen LogP contribution is 2.24. The van der Waals surface area contributed by atoms with Gasteiger partial charge in [0.05, 0.1) is 5.02 Å². The van der Waals surface area contributed by atoms with E-state index < -0.39 is 11.6 Å². The van der Waals surface area contributed by atoms with E-state index in [0.717, 1.165) is 5.56 Å². The number of hydrogen-bond acceptors (Lipinski definition) is 1. The Morgan fingerprint density at radius 1 is 1.05 bits per heavy atom. The maximum absolute atomic E-state index is 13.2. The van der Waals surface area contributed by atoms with E-state index in [1.54, 1.807) is 13.0 Å². The van der Waals surface area contributed by atoms with Crippen molar-refractivity contribution >= 4 is 28.9 Å². The highest BCUT2D eigenvalue weighted by molar-refractivity contribution is 6.31. The van der Waals surface area contributed by atoms with Crippen LogP contribution in [0.15, 0.2) is 30.3 Å². The SMILES string of the molecule is Cc1cc(F)c(Cl)cc1NCc1cc(F)cc(Cl)c1. The van der Waals surface area contributed by atoms with Crippen LogP contribution in [0, 0.1) is 18.6 Å². The van der Waals surface area contributed by atoms with Crippen LogP contribution in [-0.2, 0) is 6.54 Å². The van der Waals surface area contributed by atoms with E-state index in [0.29, 0.717) is 22.8 Å². The van der Waals surface area contributed by atoms with Gasteiger partial charge in [-0.1, -0.05) is 23.2 Å². The molecule has 0 spiro atoms. The van der Waals surface area contributed by atoms with Gasteiger partial charge >= 0.3 is 0 Å². The Morgan fingerprint density at radius 2 is 1.79 bits per heavy atom. The summed E-state index contributed by atoms with van der Waals surface area (Å²) in [5, 5.41) is 3.46. The summed E-state index contributed by atoms with van der Waals surface area (Å²) in [6, 6.07) is 7.15. The van der Waals surface area contributed by atoms with Gasteiger partial charge in [-0.05, 0) is 48.4 Å². The number of rotatable bonds is 3. The molecule has 5 heteroatoms. The smallest absolute Gasteiger partial charge is 0.142 e. The van der Waals surface area contributed by atoms with E-state index in [9.17, 15) is 8.78 Å². The van der Waals surface area contributed by atoms with Gasteiger partial charge in [0.25, 0.3) is 0 Å². The lowest BCUT2D eigenvalue weighted by Gasteiger charge is -2.11. The average molecular weight is 302 g/mol. The average Bonchev–Trinajstić information content (AvgIpc) is 2.31. The first-order chi connectivity index (χ1) is 8.95. The van der Waals surface area contributed by atoms with Gasteiger partial charge in [-0.3, -0.25) is 0 Å². The molecule has 0 aliphatic heterocycles. The van der Waals surface area contributed by atoms with Crippen LogP contribution in [-0.4, -0.2) is 0 Å². The quantitative estimate of drug-likeness (QED) is 0.822. The number of benzene rings is 2. The molecule has 1 nitrogen and oxygen atoms in total. The third-order valence-electron chi connectivity index (χ3n) is 2.67. The molecule has 0 heterocycles. The van der Waals surface area contributed by atoms with Crippen LogP contribution >= 0.6 is 23.2 Å². The monoisotopic (exact) mass is 301 g/mol. The maximum Gasteiger partial charge on any atom is 0.142 e. The minimum absolute atomic E-state index is 0.0466. The van der Waals surface area contributed by atoms with Gasteiger partial charge in [0, 0.05) is 17.3 Å². The standard InChI is InChI=1S/C14H11Cl2F2N/c1-8-2-13(18)12(16)6-14(8)19-7-9-3-10(15)5-11(17)4-9/h2-6,19H,7H2,1H3. The minimum atomic E-state index is -0.460. The molecule has 100 valence electrons. The summed E-state index contributed by atoms with van der Waals surface area (Å²) in [7, 11) is 0. The van der Waals surface area contributed by atoms with Crippen LogP contribution < -0.4 is 5.32 Å². The summed E-state index contributed by atoms with van der Waals surface area (Å²) in [6.07, 6.45) is 0. The van der Waals surface area contributed by atoms with Crippen LogP contribution in [0.5, 0.6) is 0 Å². The summed E-state index contributed by atoms with van der Waals surface area (Å²) in [6.45, 7) is 2.14. The van der Waals surface area contributed by atoms with Crippen molar-refractivity contribution in [3.63, 3.8) is 0 Å². The van der Waals surface area contributed by atoms with Crippen molar-refractivity contribution in [3.05, 3.63) is 63.1 Å². The summed E-state index contributed by atoms with van der Waals surface area (Å²) in [5.74, 6) is -0.850. The van der Waals surface area contributed by atoms with Crippen molar-refractivity contribution < 1.29 is 8.78 Å². The summed E-state index contributed by atoms with van der Waals surface area (Å²) in [5.41, 5.74) is 2.13. The van der Waals surface area contributed by atoms with Crippen LogP contribution in [0.25, 0.3) is 0 Å². The molecule has 0 aromatic heterocycles. The molecule has 0 radical (unpaired) electrons. The molecule has 0 aliphatic rings. The third-order valence-corrected chi connectivity index (χ3v) is 3.18. The summed E-state index contributed by atoms with van der Waals surface area (Å²) >= 11 is 11.5. The molecule has 2 aromatic carbocycles. The summed E-state index contributed by atoms with van der Waals surface area (Å²) < 4.78 is 26.4. The number of anilines is 1. The van der Waals surface area contributed by atoms with Gasteiger partial charge in [-0.25, -0.2) is 8.78 Å². The van der Waals surface area contributed by atoms with Crippen molar-refractivity contribution in [2.75, 3.05) is 5.32 Å². The lowest BCUT2D eigenvalue weighted by atomic mass is 10.1. The number of nitrogens with one attached hydrogen (secondary N) is 1. The fourth-order valence-corrected chi connectivity index (χ4v) is 2.16. The van der Waals surface area contributed by atoms with Crippen LogP contribution in [0.1, 0.15) is 11.1 Å². The van der Waals surface area contributed by atoms with Crippen molar-refractivity contribution in [1.82, 2.24) is 0 Å². The van der Waals surface area contributed by atoms with Gasteiger partial charge in [0.15, 0.2) is 0 Å². The zero-order chi connectivity index (χ0) is 14.0. The Morgan fingerprint density at radius 3 is 2.47 bits per heavy atom. The predicted octanol–water partition coefficient (Wildman–Crippen LogP) is 5.19. The molecule has 1 N–H and O–H groups in total. The van der Waals surface area contributed by atoms with Gasteiger partial charge in [0.1, 0.15) is 11.6 Å². The highest BCUT2D eigenvalue weighted by Gasteiger charge is 2.06. The van der Waals surface area contributed by atoms with E-state index in [4.69, 9.17) is 23.2 Å². The first kappa shape index (κ1) is 14.1. The normalized spacial score (nSPS) is 10.6. The molecule has 0 aliphatic carbocycles. The van der Waals surface area contributed by atoms with E-state index in [1.165, 1.54) is 24.3 Å². The topological polar surface area (TPSA) is 12.0 Å². The Labute approximate surface area is 120 Å². The van der Waals surface area contributed by atoms with E-state index in [1.807, 2.05) is 0 Å². The molecule has 0 fully saturated rings. The Bertz CT molecular complexity index is 594. The van der Waals surface area contributed by atoms with Gasteiger partial charge < -0.3 is 5.32 Å². The largest absolute Gasteiger partial charge is 0.381 e. The number of halogens is 4. The molecule has 0 amide bonds. The van der Waals surface area contributed by atoms with Gasteiger partial charge in [0.2, 0.25) is 0 Å². The zero-order valence-corrected chi connectivity index (χ0v) is 11.6. The molecule has 2 aromatic rings. The second-order valence-electron chi connectivity index (χ2n) is 4.21. The lowest BCUT2D eigenvalue weighted by molar-refractivity contribution is 0.626. The van der Waals surface area contributed by atoms with E-state index >= 15 is 0 Å². The van der Waals surface area contributed by atoms with E-state index in [2.05, 4.69) is 5.32 Å². The summed E-state index contributed by atoms with van der Waals surface area (Å²) in [4.78, 5) is 0. The third kappa shape index (κ3) is 3.58. The van der Waals surface area contributed by atoms with Gasteiger partial charge in [-0.2, -0.15) is 0 Å². The predicted molar refractivity (Wildman–Crippen MR) is 74.9 cm³/mol. The zero-order valence-electron chi connectivity index (χ0n) is 10.1. The highest BCUT2D eigenvalue weighted by atomic mass is 35.5. The number of hydrogen-bond donors (Lipinski definition) is 1. The molecule has 0 bridgehead atoms. The second-order valence-corrected chi connectivity index (χ2v) is 5.06. The lowest BCUT2D eigenvalue weighted by Crippen LogP contribution is -2.02. The molecule has 2 rings (SSSR count). The van der Waals surface area contributed by atoms with Crippen molar-refractivity contribution in [2.45, 2.75) is 13.5 Å². The minimum Gasteiger partial charge on any atom is -0.381 e. The fraction of sp³-hybridized carbons (Fsp3) is 0.143. The molecule has 0 unspecified atom stereocenters. The Balaban J connectivity index is 2.16. The van der Waals surface area contributed by atoms with Gasteiger partial charge in [-0.15, -0.1) is 0 Å². The second kappa shape index (κ2) is 5.76. The number of aryl methyl sites for hydroxylation is 1.